The van der Waals surface area contributed by atoms with Crippen molar-refractivity contribution in [1.82, 2.24) is 4.98 Å². The van der Waals surface area contributed by atoms with E-state index in [2.05, 4.69) is 4.98 Å². The Hall–Kier alpha value is -1.10. The lowest BCUT2D eigenvalue weighted by atomic mass is 10.1. The first kappa shape index (κ1) is 12.4. The van der Waals surface area contributed by atoms with Gasteiger partial charge in [-0.3, -0.25) is 0 Å². The zero-order valence-corrected chi connectivity index (χ0v) is 10.9. The van der Waals surface area contributed by atoms with Gasteiger partial charge in [0, 0.05) is 22.4 Å². The van der Waals surface area contributed by atoms with E-state index < -0.39 is 0 Å². The average molecular weight is 270 g/mol. The fourth-order valence-electron chi connectivity index (χ4n) is 1.55. The Balaban J connectivity index is 2.25. The lowest BCUT2D eigenvalue weighted by molar-refractivity contribution is 0.277. The quantitative estimate of drug-likeness (QED) is 0.928. The summed E-state index contributed by atoms with van der Waals surface area (Å²) in [6.07, 6.45) is 0.661. The van der Waals surface area contributed by atoms with Crippen molar-refractivity contribution >= 4 is 22.9 Å². The Bertz CT molecular complexity index is 513. The third kappa shape index (κ3) is 2.97. The number of aromatic nitrogens is 1. The van der Waals surface area contributed by atoms with Crippen LogP contribution in [-0.2, 0) is 13.0 Å². The van der Waals surface area contributed by atoms with Crippen LogP contribution in [0.4, 0.5) is 0 Å². The SMILES string of the molecule is COc1ccc(Cl)cc1Cc1nc(CO)cs1. The molecule has 0 unspecified atom stereocenters. The molecule has 90 valence electrons. The van der Waals surface area contributed by atoms with E-state index in [-0.39, 0.29) is 6.61 Å². The normalized spacial score (nSPS) is 10.5. The third-order valence-electron chi connectivity index (χ3n) is 2.35. The maximum Gasteiger partial charge on any atom is 0.122 e. The number of ether oxygens (including phenoxy) is 1. The van der Waals surface area contributed by atoms with Crippen LogP contribution in [0.5, 0.6) is 5.75 Å². The lowest BCUT2D eigenvalue weighted by Gasteiger charge is -2.07. The van der Waals surface area contributed by atoms with E-state index in [9.17, 15) is 0 Å². The Morgan fingerprint density at radius 3 is 2.94 bits per heavy atom. The van der Waals surface area contributed by atoms with Crippen molar-refractivity contribution in [2.24, 2.45) is 0 Å². The second-order valence-electron chi connectivity index (χ2n) is 3.52. The minimum Gasteiger partial charge on any atom is -0.496 e. The number of methoxy groups -OCH3 is 1. The molecule has 1 N–H and O–H groups in total. The number of thiazole rings is 1. The van der Waals surface area contributed by atoms with Crippen LogP contribution in [0, 0.1) is 0 Å². The Morgan fingerprint density at radius 1 is 1.47 bits per heavy atom. The monoisotopic (exact) mass is 269 g/mol. The van der Waals surface area contributed by atoms with Crippen molar-refractivity contribution in [3.05, 3.63) is 44.9 Å². The zero-order chi connectivity index (χ0) is 12.3. The highest BCUT2D eigenvalue weighted by Gasteiger charge is 2.08. The van der Waals surface area contributed by atoms with Gasteiger partial charge in [-0.2, -0.15) is 0 Å². The summed E-state index contributed by atoms with van der Waals surface area (Å²) >= 11 is 7.48. The number of hydrogen-bond acceptors (Lipinski definition) is 4. The lowest BCUT2D eigenvalue weighted by Crippen LogP contribution is -1.94. The number of nitrogens with zero attached hydrogens (tertiary/aromatic N) is 1. The highest BCUT2D eigenvalue weighted by molar-refractivity contribution is 7.09. The van der Waals surface area contributed by atoms with Crippen molar-refractivity contribution in [1.29, 1.82) is 0 Å². The molecular formula is C12H12ClNO2S. The van der Waals surface area contributed by atoms with Crippen LogP contribution in [0.3, 0.4) is 0 Å². The molecule has 3 nitrogen and oxygen atoms in total. The van der Waals surface area contributed by atoms with Crippen LogP contribution in [0.15, 0.2) is 23.6 Å². The molecule has 0 aliphatic rings. The summed E-state index contributed by atoms with van der Waals surface area (Å²) in [4.78, 5) is 4.30. The molecule has 5 heteroatoms. The van der Waals surface area contributed by atoms with Crippen LogP contribution in [-0.4, -0.2) is 17.2 Å². The van der Waals surface area contributed by atoms with Gasteiger partial charge in [0.1, 0.15) is 5.75 Å². The molecular weight excluding hydrogens is 258 g/mol. The molecule has 0 saturated carbocycles. The topological polar surface area (TPSA) is 42.4 Å². The van der Waals surface area contributed by atoms with E-state index in [0.29, 0.717) is 17.1 Å². The predicted octanol–water partition coefficient (Wildman–Crippen LogP) is 2.89. The number of benzene rings is 1. The first-order valence-electron chi connectivity index (χ1n) is 5.09. The van der Waals surface area contributed by atoms with Gasteiger partial charge in [0.15, 0.2) is 0 Å². The van der Waals surface area contributed by atoms with Gasteiger partial charge in [-0.1, -0.05) is 11.6 Å². The van der Waals surface area contributed by atoms with Crippen LogP contribution >= 0.6 is 22.9 Å². The first-order chi connectivity index (χ1) is 8.22. The van der Waals surface area contributed by atoms with E-state index in [0.717, 1.165) is 16.3 Å². The Kier molecular flexibility index (Phi) is 3.99. The molecule has 0 saturated heterocycles. The van der Waals surface area contributed by atoms with Gasteiger partial charge >= 0.3 is 0 Å². The summed E-state index contributed by atoms with van der Waals surface area (Å²) in [6.45, 7) is -0.0246. The van der Waals surface area contributed by atoms with Crippen molar-refractivity contribution in [3.63, 3.8) is 0 Å². The summed E-state index contributed by atoms with van der Waals surface area (Å²) in [7, 11) is 1.63. The summed E-state index contributed by atoms with van der Waals surface area (Å²) in [5.74, 6) is 0.801. The zero-order valence-electron chi connectivity index (χ0n) is 9.31. The fourth-order valence-corrected chi connectivity index (χ4v) is 2.55. The van der Waals surface area contributed by atoms with Crippen molar-refractivity contribution in [2.75, 3.05) is 7.11 Å². The molecule has 2 rings (SSSR count). The van der Waals surface area contributed by atoms with E-state index >= 15 is 0 Å². The molecule has 0 amide bonds. The summed E-state index contributed by atoms with van der Waals surface area (Å²) in [5.41, 5.74) is 1.70. The van der Waals surface area contributed by atoms with Gasteiger partial charge < -0.3 is 9.84 Å². The standard InChI is InChI=1S/C12H12ClNO2S/c1-16-11-3-2-9(13)4-8(11)5-12-14-10(6-15)7-17-12/h2-4,7,15H,5-6H2,1H3. The second kappa shape index (κ2) is 5.49. The van der Waals surface area contributed by atoms with E-state index in [1.807, 2.05) is 17.5 Å². The molecule has 17 heavy (non-hydrogen) atoms. The number of rotatable bonds is 4. The van der Waals surface area contributed by atoms with Crippen molar-refractivity contribution < 1.29 is 9.84 Å². The highest BCUT2D eigenvalue weighted by Crippen LogP contribution is 2.26. The van der Waals surface area contributed by atoms with Crippen LogP contribution in [0.1, 0.15) is 16.3 Å². The molecule has 1 aromatic heterocycles. The maximum absolute atomic E-state index is 8.96. The molecule has 0 aliphatic carbocycles. The average Bonchev–Trinajstić information content (AvgIpc) is 2.77. The van der Waals surface area contributed by atoms with Gasteiger partial charge in [0.2, 0.25) is 0 Å². The number of halogens is 1. The fraction of sp³-hybridized carbons (Fsp3) is 0.250. The third-order valence-corrected chi connectivity index (χ3v) is 3.48. The molecule has 1 aromatic carbocycles. The molecule has 1 heterocycles. The number of aliphatic hydroxyl groups is 1. The van der Waals surface area contributed by atoms with Gasteiger partial charge in [0.05, 0.1) is 24.4 Å². The molecule has 2 aromatic rings. The second-order valence-corrected chi connectivity index (χ2v) is 4.90. The minimum atomic E-state index is -0.0246. The molecule has 0 fully saturated rings. The first-order valence-corrected chi connectivity index (χ1v) is 6.35. The van der Waals surface area contributed by atoms with Gasteiger partial charge in [0.25, 0.3) is 0 Å². The van der Waals surface area contributed by atoms with Gasteiger partial charge in [-0.25, -0.2) is 4.98 Å². The van der Waals surface area contributed by atoms with E-state index in [1.165, 1.54) is 11.3 Å². The molecule has 0 aliphatic heterocycles. The Morgan fingerprint density at radius 2 is 2.29 bits per heavy atom. The largest absolute Gasteiger partial charge is 0.496 e. The Labute approximate surface area is 109 Å². The van der Waals surface area contributed by atoms with Crippen LogP contribution < -0.4 is 4.74 Å². The van der Waals surface area contributed by atoms with Crippen molar-refractivity contribution in [3.8, 4) is 5.75 Å². The summed E-state index contributed by atoms with van der Waals surface area (Å²) in [6, 6.07) is 5.52. The number of aliphatic hydroxyl groups excluding tert-OH is 1. The van der Waals surface area contributed by atoms with E-state index in [4.69, 9.17) is 21.4 Å². The summed E-state index contributed by atoms with van der Waals surface area (Å²) in [5, 5.41) is 12.4. The maximum atomic E-state index is 8.96. The molecule has 0 spiro atoms. The molecule has 0 bridgehead atoms. The van der Waals surface area contributed by atoms with Crippen LogP contribution in [0.25, 0.3) is 0 Å². The molecule has 0 radical (unpaired) electrons. The van der Waals surface area contributed by atoms with Crippen LogP contribution in [0.2, 0.25) is 5.02 Å². The number of hydrogen-bond donors (Lipinski definition) is 1. The highest BCUT2D eigenvalue weighted by atomic mass is 35.5. The van der Waals surface area contributed by atoms with Gasteiger partial charge in [-0.05, 0) is 18.2 Å². The minimum absolute atomic E-state index is 0.0246. The van der Waals surface area contributed by atoms with Gasteiger partial charge in [-0.15, -0.1) is 11.3 Å². The van der Waals surface area contributed by atoms with Crippen molar-refractivity contribution in [2.45, 2.75) is 13.0 Å². The predicted molar refractivity (Wildman–Crippen MR) is 68.8 cm³/mol. The van der Waals surface area contributed by atoms with E-state index in [1.54, 1.807) is 13.2 Å². The molecule has 0 atom stereocenters. The smallest absolute Gasteiger partial charge is 0.122 e. The summed E-state index contributed by atoms with van der Waals surface area (Å²) < 4.78 is 5.27.